The summed E-state index contributed by atoms with van der Waals surface area (Å²) in [5.74, 6) is 0.756. The fraction of sp³-hybridized carbons (Fsp3) is 0.650. The van der Waals surface area contributed by atoms with Crippen LogP contribution in [0, 0.1) is 5.92 Å². The molecule has 1 fully saturated rings. The van der Waals surface area contributed by atoms with E-state index in [0.717, 1.165) is 42.6 Å². The third-order valence-corrected chi connectivity index (χ3v) is 7.41. The summed E-state index contributed by atoms with van der Waals surface area (Å²) in [7, 11) is -3.26. The first kappa shape index (κ1) is 19.2. The van der Waals surface area contributed by atoms with Crippen LogP contribution >= 0.6 is 0 Å². The number of fused-ring (bicyclic) bond motifs is 1. The van der Waals surface area contributed by atoms with Gasteiger partial charge in [0.2, 0.25) is 15.9 Å². The SMILES string of the molecule is CCCS(=O)(=O)N1CCCc2cc(NC(=O)CC3CCCCC3)ccc21. The van der Waals surface area contributed by atoms with Crippen LogP contribution < -0.4 is 9.62 Å². The molecular weight excluding hydrogens is 348 g/mol. The maximum absolute atomic E-state index is 12.5. The third-order valence-electron chi connectivity index (χ3n) is 5.44. The second-order valence-electron chi connectivity index (χ2n) is 7.59. The third kappa shape index (κ3) is 4.58. The minimum Gasteiger partial charge on any atom is -0.326 e. The highest BCUT2D eigenvalue weighted by atomic mass is 32.2. The molecule has 144 valence electrons. The summed E-state index contributed by atoms with van der Waals surface area (Å²) < 4.78 is 26.5. The lowest BCUT2D eigenvalue weighted by molar-refractivity contribution is -0.117. The molecule has 0 radical (unpaired) electrons. The van der Waals surface area contributed by atoms with Crippen molar-refractivity contribution in [3.05, 3.63) is 23.8 Å². The number of nitrogens with one attached hydrogen (secondary N) is 1. The Balaban J connectivity index is 1.69. The van der Waals surface area contributed by atoms with E-state index in [0.29, 0.717) is 25.3 Å². The van der Waals surface area contributed by atoms with Crippen LogP contribution in [0.25, 0.3) is 0 Å². The number of nitrogens with zero attached hydrogens (tertiary/aromatic N) is 1. The first-order valence-electron chi connectivity index (χ1n) is 9.93. The number of anilines is 2. The van der Waals surface area contributed by atoms with Gasteiger partial charge in [0.05, 0.1) is 11.4 Å². The zero-order valence-corrected chi connectivity index (χ0v) is 16.5. The number of sulfonamides is 1. The molecule has 1 saturated carbocycles. The molecule has 3 rings (SSSR count). The summed E-state index contributed by atoms with van der Waals surface area (Å²) in [5.41, 5.74) is 2.56. The summed E-state index contributed by atoms with van der Waals surface area (Å²) in [6.45, 7) is 2.43. The lowest BCUT2D eigenvalue weighted by atomic mass is 9.87. The number of carbonyl (C=O) groups is 1. The number of benzene rings is 1. The molecular formula is C20H30N2O3S. The number of rotatable bonds is 6. The Kier molecular flexibility index (Phi) is 6.22. The van der Waals surface area contributed by atoms with Crippen molar-refractivity contribution in [2.24, 2.45) is 5.92 Å². The summed E-state index contributed by atoms with van der Waals surface area (Å²) in [6.07, 6.45) is 8.94. The minimum atomic E-state index is -3.26. The average molecular weight is 379 g/mol. The standard InChI is InChI=1S/C20H30N2O3S/c1-2-13-26(24,25)22-12-6-9-17-15-18(10-11-19(17)22)21-20(23)14-16-7-4-3-5-8-16/h10-11,15-16H,2-9,12-14H2,1H3,(H,21,23). The predicted octanol–water partition coefficient (Wildman–Crippen LogP) is 4.09. The van der Waals surface area contributed by atoms with E-state index < -0.39 is 10.0 Å². The fourth-order valence-electron chi connectivity index (χ4n) is 4.16. The van der Waals surface area contributed by atoms with Gasteiger partial charge in [0, 0.05) is 18.7 Å². The summed E-state index contributed by atoms with van der Waals surface area (Å²) in [4.78, 5) is 12.3. The highest BCUT2D eigenvalue weighted by Crippen LogP contribution is 2.32. The topological polar surface area (TPSA) is 66.5 Å². The highest BCUT2D eigenvalue weighted by Gasteiger charge is 2.27. The minimum absolute atomic E-state index is 0.0723. The van der Waals surface area contributed by atoms with E-state index in [1.807, 2.05) is 25.1 Å². The lowest BCUT2D eigenvalue weighted by Gasteiger charge is -2.30. The average Bonchev–Trinajstić information content (AvgIpc) is 2.61. The van der Waals surface area contributed by atoms with Crippen LogP contribution in [0.3, 0.4) is 0 Å². The highest BCUT2D eigenvalue weighted by molar-refractivity contribution is 7.92. The molecule has 0 spiro atoms. The van der Waals surface area contributed by atoms with Crippen molar-refractivity contribution in [3.8, 4) is 0 Å². The molecule has 1 aromatic rings. The Hall–Kier alpha value is -1.56. The molecule has 0 saturated heterocycles. The molecule has 0 unspecified atom stereocenters. The molecule has 0 aromatic heterocycles. The van der Waals surface area contributed by atoms with Gasteiger partial charge in [-0.05, 0) is 61.8 Å². The van der Waals surface area contributed by atoms with Crippen LogP contribution in [-0.2, 0) is 21.2 Å². The van der Waals surface area contributed by atoms with E-state index in [2.05, 4.69) is 5.32 Å². The molecule has 1 amide bonds. The maximum atomic E-state index is 12.5. The van der Waals surface area contributed by atoms with Gasteiger partial charge in [0.15, 0.2) is 0 Å². The maximum Gasteiger partial charge on any atom is 0.235 e. The smallest absolute Gasteiger partial charge is 0.235 e. The van der Waals surface area contributed by atoms with Gasteiger partial charge in [0.25, 0.3) is 0 Å². The second-order valence-corrected chi connectivity index (χ2v) is 9.60. The summed E-state index contributed by atoms with van der Waals surface area (Å²) >= 11 is 0. The quantitative estimate of drug-likeness (QED) is 0.811. The van der Waals surface area contributed by atoms with Gasteiger partial charge in [-0.25, -0.2) is 8.42 Å². The number of carbonyl (C=O) groups excluding carboxylic acids is 1. The van der Waals surface area contributed by atoms with Gasteiger partial charge in [-0.3, -0.25) is 9.10 Å². The molecule has 1 aliphatic heterocycles. The van der Waals surface area contributed by atoms with Crippen molar-refractivity contribution >= 4 is 27.3 Å². The van der Waals surface area contributed by atoms with E-state index in [9.17, 15) is 13.2 Å². The van der Waals surface area contributed by atoms with Gasteiger partial charge in [0.1, 0.15) is 0 Å². The zero-order valence-electron chi connectivity index (χ0n) is 15.7. The molecule has 6 heteroatoms. The van der Waals surface area contributed by atoms with Crippen LogP contribution in [0.5, 0.6) is 0 Å². The largest absolute Gasteiger partial charge is 0.326 e. The van der Waals surface area contributed by atoms with E-state index in [4.69, 9.17) is 0 Å². The van der Waals surface area contributed by atoms with Gasteiger partial charge in [-0.1, -0.05) is 26.2 Å². The molecule has 1 N–H and O–H groups in total. The van der Waals surface area contributed by atoms with Crippen LogP contribution in [0.1, 0.15) is 63.9 Å². The van der Waals surface area contributed by atoms with Crippen LogP contribution in [0.4, 0.5) is 11.4 Å². The summed E-state index contributed by atoms with van der Waals surface area (Å²) in [6, 6.07) is 5.62. The van der Waals surface area contributed by atoms with Crippen molar-refractivity contribution in [1.82, 2.24) is 0 Å². The molecule has 26 heavy (non-hydrogen) atoms. The summed E-state index contributed by atoms with van der Waals surface area (Å²) in [5, 5.41) is 3.01. The van der Waals surface area contributed by atoms with E-state index in [1.54, 1.807) is 4.31 Å². The van der Waals surface area contributed by atoms with Crippen molar-refractivity contribution in [2.75, 3.05) is 21.9 Å². The van der Waals surface area contributed by atoms with Crippen molar-refractivity contribution in [1.29, 1.82) is 0 Å². The molecule has 1 aliphatic carbocycles. The number of amides is 1. The van der Waals surface area contributed by atoms with Crippen molar-refractivity contribution in [3.63, 3.8) is 0 Å². The molecule has 2 aliphatic rings. The van der Waals surface area contributed by atoms with Gasteiger partial charge < -0.3 is 5.32 Å². The molecule has 5 nitrogen and oxygen atoms in total. The van der Waals surface area contributed by atoms with Crippen molar-refractivity contribution < 1.29 is 13.2 Å². The lowest BCUT2D eigenvalue weighted by Crippen LogP contribution is -2.37. The number of hydrogen-bond acceptors (Lipinski definition) is 3. The molecule has 1 aromatic carbocycles. The number of aryl methyl sites for hydroxylation is 1. The predicted molar refractivity (Wildman–Crippen MR) is 106 cm³/mol. The molecule has 1 heterocycles. The van der Waals surface area contributed by atoms with Gasteiger partial charge in [-0.15, -0.1) is 0 Å². The van der Waals surface area contributed by atoms with Gasteiger partial charge in [-0.2, -0.15) is 0 Å². The fourth-order valence-corrected chi connectivity index (χ4v) is 5.78. The van der Waals surface area contributed by atoms with Gasteiger partial charge >= 0.3 is 0 Å². The first-order chi connectivity index (χ1) is 12.5. The Labute approximate surface area is 157 Å². The molecule has 0 bridgehead atoms. The normalized spacial score (nSPS) is 18.4. The van der Waals surface area contributed by atoms with Crippen LogP contribution in [0.2, 0.25) is 0 Å². The Morgan fingerprint density at radius 3 is 2.69 bits per heavy atom. The first-order valence-corrected chi connectivity index (χ1v) is 11.5. The Morgan fingerprint density at radius 1 is 1.19 bits per heavy atom. The zero-order chi connectivity index (χ0) is 18.6. The Morgan fingerprint density at radius 2 is 1.96 bits per heavy atom. The Bertz CT molecular complexity index is 739. The van der Waals surface area contributed by atoms with Crippen LogP contribution in [-0.4, -0.2) is 26.6 Å². The second kappa shape index (κ2) is 8.42. The molecule has 0 atom stereocenters. The van der Waals surface area contributed by atoms with Crippen molar-refractivity contribution in [2.45, 2.75) is 64.7 Å². The van der Waals surface area contributed by atoms with Crippen LogP contribution in [0.15, 0.2) is 18.2 Å². The van der Waals surface area contributed by atoms with E-state index in [1.165, 1.54) is 19.3 Å². The van der Waals surface area contributed by atoms with E-state index >= 15 is 0 Å². The van der Waals surface area contributed by atoms with E-state index in [-0.39, 0.29) is 11.7 Å². The number of hydrogen-bond donors (Lipinski definition) is 1. The monoisotopic (exact) mass is 378 g/mol.